The van der Waals surface area contributed by atoms with Gasteiger partial charge in [0.05, 0.1) is 0 Å². The molecular weight excluding hydrogens is 194 g/mol. The predicted octanol–water partition coefficient (Wildman–Crippen LogP) is 3.41. The molecule has 1 aliphatic rings. The maximum atomic E-state index is 3.45. The second-order valence-corrected chi connectivity index (χ2v) is 5.24. The molecule has 1 nitrogen and oxygen atoms in total. The molecule has 0 aliphatic carbocycles. The van der Waals surface area contributed by atoms with Gasteiger partial charge in [-0.25, -0.2) is 0 Å². The minimum atomic E-state index is 0.710. The molecule has 0 amide bonds. The molecular formula is C15H23N. The summed E-state index contributed by atoms with van der Waals surface area (Å²) in [6.45, 7) is 9.22. The Morgan fingerprint density at radius 2 is 1.88 bits per heavy atom. The van der Waals surface area contributed by atoms with Crippen molar-refractivity contribution in [3.63, 3.8) is 0 Å². The highest BCUT2D eigenvalue weighted by atomic mass is 14.9. The molecule has 2 rings (SSSR count). The fraction of sp³-hybridized carbons (Fsp3) is 0.600. The van der Waals surface area contributed by atoms with Crippen LogP contribution in [0.3, 0.4) is 0 Å². The molecule has 0 spiro atoms. The first-order valence-corrected chi connectivity index (χ1v) is 6.46. The van der Waals surface area contributed by atoms with E-state index in [0.717, 1.165) is 5.92 Å². The Kier molecular flexibility index (Phi) is 3.65. The van der Waals surface area contributed by atoms with E-state index in [1.54, 1.807) is 5.56 Å². The van der Waals surface area contributed by atoms with Crippen LogP contribution < -0.4 is 5.32 Å². The van der Waals surface area contributed by atoms with Crippen LogP contribution in [0.15, 0.2) is 18.2 Å². The van der Waals surface area contributed by atoms with Gasteiger partial charge >= 0.3 is 0 Å². The minimum Gasteiger partial charge on any atom is -0.317 e. The fourth-order valence-electron chi connectivity index (χ4n) is 2.85. The zero-order valence-electron chi connectivity index (χ0n) is 10.7. The standard InChI is InChI=1S/C15H23N/c1-11-4-5-12(2)15(10-11)13(3)14-6-8-16-9-7-14/h4-5,10,13-14,16H,6-9H2,1-3H3. The Bertz CT molecular complexity index is 350. The van der Waals surface area contributed by atoms with Gasteiger partial charge in [0.2, 0.25) is 0 Å². The van der Waals surface area contributed by atoms with Crippen molar-refractivity contribution in [3.05, 3.63) is 34.9 Å². The third-order valence-corrected chi connectivity index (χ3v) is 4.02. The lowest BCUT2D eigenvalue weighted by molar-refractivity contribution is 0.329. The van der Waals surface area contributed by atoms with E-state index < -0.39 is 0 Å². The molecule has 0 bridgehead atoms. The Hall–Kier alpha value is -0.820. The summed E-state index contributed by atoms with van der Waals surface area (Å²) < 4.78 is 0. The van der Waals surface area contributed by atoms with Crippen molar-refractivity contribution >= 4 is 0 Å². The van der Waals surface area contributed by atoms with Gasteiger partial charge < -0.3 is 5.32 Å². The molecule has 16 heavy (non-hydrogen) atoms. The Morgan fingerprint density at radius 1 is 1.19 bits per heavy atom. The van der Waals surface area contributed by atoms with E-state index in [1.807, 2.05) is 0 Å². The quantitative estimate of drug-likeness (QED) is 0.800. The second kappa shape index (κ2) is 5.01. The van der Waals surface area contributed by atoms with E-state index in [0.29, 0.717) is 5.92 Å². The van der Waals surface area contributed by atoms with Crippen LogP contribution in [0.25, 0.3) is 0 Å². The smallest absolute Gasteiger partial charge is 0.00461 e. The van der Waals surface area contributed by atoms with Gasteiger partial charge in [0.25, 0.3) is 0 Å². The number of benzene rings is 1. The van der Waals surface area contributed by atoms with E-state index in [9.17, 15) is 0 Å². The predicted molar refractivity (Wildman–Crippen MR) is 69.9 cm³/mol. The number of aryl methyl sites for hydroxylation is 2. The highest BCUT2D eigenvalue weighted by Gasteiger charge is 2.22. The highest BCUT2D eigenvalue weighted by Crippen LogP contribution is 2.32. The van der Waals surface area contributed by atoms with Gasteiger partial charge in [0.1, 0.15) is 0 Å². The molecule has 1 N–H and O–H groups in total. The molecule has 1 aromatic carbocycles. The summed E-state index contributed by atoms with van der Waals surface area (Å²) in [7, 11) is 0. The van der Waals surface area contributed by atoms with Gasteiger partial charge in [-0.3, -0.25) is 0 Å². The van der Waals surface area contributed by atoms with Crippen molar-refractivity contribution in [3.8, 4) is 0 Å². The lowest BCUT2D eigenvalue weighted by atomic mass is 9.80. The van der Waals surface area contributed by atoms with Crippen molar-refractivity contribution < 1.29 is 0 Å². The summed E-state index contributed by atoms with van der Waals surface area (Å²) in [4.78, 5) is 0. The monoisotopic (exact) mass is 217 g/mol. The lowest BCUT2D eigenvalue weighted by Gasteiger charge is -2.29. The fourth-order valence-corrected chi connectivity index (χ4v) is 2.85. The van der Waals surface area contributed by atoms with Crippen LogP contribution in [-0.4, -0.2) is 13.1 Å². The highest BCUT2D eigenvalue weighted by molar-refractivity contribution is 5.33. The van der Waals surface area contributed by atoms with E-state index in [4.69, 9.17) is 0 Å². The van der Waals surface area contributed by atoms with Gasteiger partial charge in [-0.05, 0) is 62.7 Å². The first kappa shape index (κ1) is 11.7. The second-order valence-electron chi connectivity index (χ2n) is 5.24. The Morgan fingerprint density at radius 3 is 2.56 bits per heavy atom. The molecule has 1 aromatic rings. The number of hydrogen-bond donors (Lipinski definition) is 1. The van der Waals surface area contributed by atoms with Crippen LogP contribution in [-0.2, 0) is 0 Å². The molecule has 0 aromatic heterocycles. The molecule has 1 unspecified atom stereocenters. The summed E-state index contributed by atoms with van der Waals surface area (Å²) in [5.41, 5.74) is 4.41. The average Bonchev–Trinajstić information content (AvgIpc) is 2.32. The zero-order valence-corrected chi connectivity index (χ0v) is 10.7. The third kappa shape index (κ3) is 2.46. The van der Waals surface area contributed by atoms with Gasteiger partial charge in [-0.15, -0.1) is 0 Å². The van der Waals surface area contributed by atoms with Crippen LogP contribution >= 0.6 is 0 Å². The van der Waals surface area contributed by atoms with Crippen molar-refractivity contribution in [1.82, 2.24) is 5.32 Å². The molecule has 1 atom stereocenters. The van der Waals surface area contributed by atoms with E-state index in [1.165, 1.54) is 37.1 Å². The molecule has 88 valence electrons. The van der Waals surface area contributed by atoms with Crippen molar-refractivity contribution in [2.45, 2.75) is 39.5 Å². The van der Waals surface area contributed by atoms with Crippen molar-refractivity contribution in [2.75, 3.05) is 13.1 Å². The average molecular weight is 217 g/mol. The van der Waals surface area contributed by atoms with Crippen molar-refractivity contribution in [1.29, 1.82) is 0 Å². The van der Waals surface area contributed by atoms with Crippen LogP contribution in [0.2, 0.25) is 0 Å². The van der Waals surface area contributed by atoms with Crippen LogP contribution in [0.1, 0.15) is 42.4 Å². The van der Waals surface area contributed by atoms with Gasteiger partial charge in [-0.2, -0.15) is 0 Å². The maximum absolute atomic E-state index is 3.45. The van der Waals surface area contributed by atoms with Gasteiger partial charge in [-0.1, -0.05) is 30.7 Å². The Labute approximate surface area is 99.3 Å². The maximum Gasteiger partial charge on any atom is -0.00461 e. The minimum absolute atomic E-state index is 0.710. The normalized spacial score (nSPS) is 19.7. The third-order valence-electron chi connectivity index (χ3n) is 4.02. The topological polar surface area (TPSA) is 12.0 Å². The number of nitrogens with one attached hydrogen (secondary N) is 1. The van der Waals surface area contributed by atoms with E-state index in [2.05, 4.69) is 44.3 Å². The van der Waals surface area contributed by atoms with E-state index >= 15 is 0 Å². The molecule has 0 radical (unpaired) electrons. The lowest BCUT2D eigenvalue weighted by Crippen LogP contribution is -2.30. The molecule has 1 fully saturated rings. The van der Waals surface area contributed by atoms with Crippen LogP contribution in [0.5, 0.6) is 0 Å². The molecule has 1 aliphatic heterocycles. The largest absolute Gasteiger partial charge is 0.317 e. The summed E-state index contributed by atoms with van der Waals surface area (Å²) in [5, 5.41) is 3.45. The first-order valence-electron chi connectivity index (χ1n) is 6.46. The van der Waals surface area contributed by atoms with Gasteiger partial charge in [0.15, 0.2) is 0 Å². The molecule has 1 heterocycles. The summed E-state index contributed by atoms with van der Waals surface area (Å²) in [5.74, 6) is 1.57. The first-order chi connectivity index (χ1) is 7.68. The summed E-state index contributed by atoms with van der Waals surface area (Å²) in [6.07, 6.45) is 2.66. The van der Waals surface area contributed by atoms with E-state index in [-0.39, 0.29) is 0 Å². The zero-order chi connectivity index (χ0) is 11.5. The Balaban J connectivity index is 2.18. The van der Waals surface area contributed by atoms with Crippen molar-refractivity contribution in [2.24, 2.45) is 5.92 Å². The summed E-state index contributed by atoms with van der Waals surface area (Å²) in [6, 6.07) is 6.86. The number of rotatable bonds is 2. The number of piperidine rings is 1. The number of hydrogen-bond acceptors (Lipinski definition) is 1. The summed E-state index contributed by atoms with van der Waals surface area (Å²) >= 11 is 0. The van der Waals surface area contributed by atoms with Crippen LogP contribution in [0, 0.1) is 19.8 Å². The SMILES string of the molecule is Cc1ccc(C)c(C(C)C2CCNCC2)c1. The molecule has 1 heteroatoms. The molecule has 0 saturated carbocycles. The van der Waals surface area contributed by atoms with Gasteiger partial charge in [0, 0.05) is 0 Å². The molecule has 1 saturated heterocycles. The van der Waals surface area contributed by atoms with Crippen LogP contribution in [0.4, 0.5) is 0 Å².